The van der Waals surface area contributed by atoms with Gasteiger partial charge in [-0.25, -0.2) is 4.39 Å². The van der Waals surface area contributed by atoms with Crippen molar-refractivity contribution in [2.24, 2.45) is 0 Å². The zero-order valence-electron chi connectivity index (χ0n) is 11.0. The zero-order chi connectivity index (χ0) is 14.3. The van der Waals surface area contributed by atoms with Gasteiger partial charge in [-0.3, -0.25) is 0 Å². The summed E-state index contributed by atoms with van der Waals surface area (Å²) in [6.45, 7) is 1.76. The van der Waals surface area contributed by atoms with Crippen LogP contribution in [0.5, 0.6) is 0 Å². The van der Waals surface area contributed by atoms with Crippen LogP contribution in [0.15, 0.2) is 29.6 Å². The summed E-state index contributed by atoms with van der Waals surface area (Å²) in [5.74, 6) is -0.263. The van der Waals surface area contributed by atoms with Gasteiger partial charge in [0.05, 0.1) is 6.04 Å². The van der Waals surface area contributed by atoms with Gasteiger partial charge in [-0.2, -0.15) is 0 Å². The average Bonchev–Trinajstić information content (AvgIpc) is 2.97. The van der Waals surface area contributed by atoms with E-state index in [0.29, 0.717) is 10.6 Å². The molecule has 0 bridgehead atoms. The van der Waals surface area contributed by atoms with Gasteiger partial charge in [0.2, 0.25) is 0 Å². The van der Waals surface area contributed by atoms with Crippen molar-refractivity contribution in [3.63, 3.8) is 0 Å². The van der Waals surface area contributed by atoms with E-state index in [9.17, 15) is 4.39 Å². The number of benzene rings is 1. The standard InChI is InChI=1S/C15H13ClFNS2/c1-8-5-9(10(16)6-11(8)17)15(18-2)14-7-13-12(20-14)3-4-19-13/h3-7,15,18H,1-2H3. The van der Waals surface area contributed by atoms with Crippen LogP contribution in [0, 0.1) is 12.7 Å². The third kappa shape index (κ3) is 2.37. The summed E-state index contributed by atoms with van der Waals surface area (Å²) in [6.07, 6.45) is 0. The Morgan fingerprint density at radius 1 is 1.25 bits per heavy atom. The highest BCUT2D eigenvalue weighted by Gasteiger charge is 2.19. The molecule has 1 N–H and O–H groups in total. The van der Waals surface area contributed by atoms with Crippen molar-refractivity contribution in [1.82, 2.24) is 5.32 Å². The fourth-order valence-corrected chi connectivity index (χ4v) is 4.79. The van der Waals surface area contributed by atoms with E-state index in [2.05, 4.69) is 22.8 Å². The number of halogens is 2. The molecule has 2 aromatic heterocycles. The van der Waals surface area contributed by atoms with E-state index in [4.69, 9.17) is 11.6 Å². The molecule has 0 aliphatic heterocycles. The van der Waals surface area contributed by atoms with E-state index in [1.165, 1.54) is 20.3 Å². The molecule has 104 valence electrons. The van der Waals surface area contributed by atoms with E-state index >= 15 is 0 Å². The molecular formula is C15H13ClFNS2. The summed E-state index contributed by atoms with van der Waals surface area (Å²) >= 11 is 9.70. The number of rotatable bonds is 3. The molecule has 0 radical (unpaired) electrons. The molecular weight excluding hydrogens is 313 g/mol. The van der Waals surface area contributed by atoms with Crippen LogP contribution in [0.25, 0.3) is 9.40 Å². The maximum Gasteiger partial charge on any atom is 0.127 e. The SMILES string of the molecule is CNC(c1cc2sccc2s1)c1cc(C)c(F)cc1Cl. The van der Waals surface area contributed by atoms with E-state index in [1.54, 1.807) is 29.6 Å². The van der Waals surface area contributed by atoms with Crippen molar-refractivity contribution < 1.29 is 4.39 Å². The minimum absolute atomic E-state index is 0.00796. The summed E-state index contributed by atoms with van der Waals surface area (Å²) in [5.41, 5.74) is 1.53. The summed E-state index contributed by atoms with van der Waals surface area (Å²) in [4.78, 5) is 1.20. The smallest absolute Gasteiger partial charge is 0.127 e. The maximum atomic E-state index is 13.5. The topological polar surface area (TPSA) is 12.0 Å². The third-order valence-corrected chi connectivity index (χ3v) is 5.81. The Kier molecular flexibility index (Phi) is 3.82. The van der Waals surface area contributed by atoms with E-state index < -0.39 is 0 Å². The van der Waals surface area contributed by atoms with Crippen molar-refractivity contribution in [3.8, 4) is 0 Å². The highest BCUT2D eigenvalue weighted by Crippen LogP contribution is 2.38. The lowest BCUT2D eigenvalue weighted by Gasteiger charge is -2.17. The van der Waals surface area contributed by atoms with Crippen LogP contribution in [0.1, 0.15) is 22.0 Å². The second-order valence-electron chi connectivity index (χ2n) is 4.64. The Bertz CT molecular complexity index is 734. The Labute approximate surface area is 130 Å². The molecule has 3 aromatic rings. The first kappa shape index (κ1) is 14.0. The van der Waals surface area contributed by atoms with Gasteiger partial charge in [-0.1, -0.05) is 11.6 Å². The molecule has 0 aliphatic rings. The zero-order valence-corrected chi connectivity index (χ0v) is 13.4. The van der Waals surface area contributed by atoms with Gasteiger partial charge in [0.25, 0.3) is 0 Å². The maximum absolute atomic E-state index is 13.5. The van der Waals surface area contributed by atoms with Gasteiger partial charge in [-0.05, 0) is 54.7 Å². The molecule has 2 heterocycles. The number of hydrogen-bond acceptors (Lipinski definition) is 3. The largest absolute Gasteiger partial charge is 0.309 e. The lowest BCUT2D eigenvalue weighted by Crippen LogP contribution is -2.17. The number of aryl methyl sites for hydroxylation is 1. The normalized spacial score (nSPS) is 13.0. The molecule has 0 fully saturated rings. The van der Waals surface area contributed by atoms with Crippen LogP contribution in [0.3, 0.4) is 0 Å². The Morgan fingerprint density at radius 3 is 2.75 bits per heavy atom. The number of hydrogen-bond donors (Lipinski definition) is 1. The van der Waals surface area contributed by atoms with Crippen molar-refractivity contribution in [2.45, 2.75) is 13.0 Å². The fourth-order valence-electron chi connectivity index (χ4n) is 2.28. The number of nitrogens with one attached hydrogen (secondary N) is 1. The number of fused-ring (bicyclic) bond motifs is 1. The van der Waals surface area contributed by atoms with E-state index in [0.717, 1.165) is 5.56 Å². The molecule has 0 saturated carbocycles. The second-order valence-corrected chi connectivity index (χ2v) is 7.11. The minimum Gasteiger partial charge on any atom is -0.309 e. The molecule has 5 heteroatoms. The van der Waals surface area contributed by atoms with E-state index in [1.807, 2.05) is 13.1 Å². The van der Waals surface area contributed by atoms with Crippen LogP contribution in [-0.2, 0) is 0 Å². The first-order chi connectivity index (χ1) is 9.60. The van der Waals surface area contributed by atoms with Crippen LogP contribution in [-0.4, -0.2) is 7.05 Å². The quantitative estimate of drug-likeness (QED) is 0.682. The van der Waals surface area contributed by atoms with Crippen molar-refractivity contribution in [2.75, 3.05) is 7.05 Å². The van der Waals surface area contributed by atoms with Gasteiger partial charge in [0, 0.05) is 19.3 Å². The summed E-state index contributed by atoms with van der Waals surface area (Å²) in [7, 11) is 1.90. The summed E-state index contributed by atoms with van der Waals surface area (Å²) in [5, 5.41) is 5.83. The lowest BCUT2D eigenvalue weighted by atomic mass is 10.0. The van der Waals surface area contributed by atoms with E-state index in [-0.39, 0.29) is 11.9 Å². The van der Waals surface area contributed by atoms with Crippen molar-refractivity contribution in [1.29, 1.82) is 0 Å². The lowest BCUT2D eigenvalue weighted by molar-refractivity contribution is 0.614. The van der Waals surface area contributed by atoms with Gasteiger partial charge >= 0.3 is 0 Å². The summed E-state index contributed by atoms with van der Waals surface area (Å²) < 4.78 is 16.1. The van der Waals surface area contributed by atoms with Gasteiger partial charge in [0.1, 0.15) is 5.82 Å². The van der Waals surface area contributed by atoms with Crippen molar-refractivity contribution in [3.05, 3.63) is 56.5 Å². The second kappa shape index (κ2) is 5.45. The number of thiophene rings is 2. The van der Waals surface area contributed by atoms with Gasteiger partial charge in [-0.15, -0.1) is 22.7 Å². The first-order valence-electron chi connectivity index (χ1n) is 6.20. The first-order valence-corrected chi connectivity index (χ1v) is 8.27. The van der Waals surface area contributed by atoms with Gasteiger partial charge < -0.3 is 5.32 Å². The monoisotopic (exact) mass is 325 g/mol. The predicted octanol–water partition coefficient (Wildman–Crippen LogP) is 5.37. The summed E-state index contributed by atoms with van der Waals surface area (Å²) in [6, 6.07) is 7.52. The minimum atomic E-state index is -0.263. The van der Waals surface area contributed by atoms with Gasteiger partial charge in [0.15, 0.2) is 0 Å². The molecule has 1 nitrogen and oxygen atoms in total. The molecule has 0 spiro atoms. The molecule has 0 aliphatic carbocycles. The average molecular weight is 326 g/mol. The molecule has 3 rings (SSSR count). The highest BCUT2D eigenvalue weighted by molar-refractivity contribution is 7.27. The molecule has 0 saturated heterocycles. The Hall–Kier alpha value is -0.940. The Morgan fingerprint density at radius 2 is 2.05 bits per heavy atom. The molecule has 20 heavy (non-hydrogen) atoms. The molecule has 1 unspecified atom stereocenters. The molecule has 0 amide bonds. The molecule has 1 atom stereocenters. The van der Waals surface area contributed by atoms with Crippen LogP contribution in [0.2, 0.25) is 5.02 Å². The Balaban J connectivity index is 2.09. The van der Waals surface area contributed by atoms with Crippen LogP contribution in [0.4, 0.5) is 4.39 Å². The van der Waals surface area contributed by atoms with Crippen LogP contribution >= 0.6 is 34.3 Å². The fraction of sp³-hybridized carbons (Fsp3) is 0.200. The molecule has 1 aromatic carbocycles. The third-order valence-electron chi connectivity index (χ3n) is 3.32. The highest BCUT2D eigenvalue weighted by atomic mass is 35.5. The van der Waals surface area contributed by atoms with Crippen molar-refractivity contribution >= 4 is 43.7 Å². The van der Waals surface area contributed by atoms with Crippen LogP contribution < -0.4 is 5.32 Å². The predicted molar refractivity (Wildman–Crippen MR) is 86.8 cm³/mol.